The molecule has 13 heavy (non-hydrogen) atoms. The van der Waals surface area contributed by atoms with Crippen molar-refractivity contribution < 1.29 is 5.11 Å². The summed E-state index contributed by atoms with van der Waals surface area (Å²) >= 11 is 7.16. The van der Waals surface area contributed by atoms with Crippen LogP contribution < -0.4 is 0 Å². The zero-order valence-electron chi connectivity index (χ0n) is 7.49. The van der Waals surface area contributed by atoms with Crippen LogP contribution in [0.4, 0.5) is 0 Å². The maximum Gasteiger partial charge on any atom is 0.133 e. The van der Waals surface area contributed by atoms with E-state index < -0.39 is 0 Å². The van der Waals surface area contributed by atoms with Gasteiger partial charge in [0.05, 0.1) is 6.61 Å². The molecule has 3 nitrogen and oxygen atoms in total. The lowest BCUT2D eigenvalue weighted by Crippen LogP contribution is -2.19. The van der Waals surface area contributed by atoms with Crippen molar-refractivity contribution in [3.63, 3.8) is 0 Å². The molecule has 0 radical (unpaired) electrons. The minimum atomic E-state index is -0.238. The molecule has 0 spiro atoms. The van der Waals surface area contributed by atoms with Crippen LogP contribution in [0.5, 0.6) is 0 Å². The van der Waals surface area contributed by atoms with Gasteiger partial charge in [0.15, 0.2) is 0 Å². The predicted octanol–water partition coefficient (Wildman–Crippen LogP) is 1.99. The summed E-state index contributed by atoms with van der Waals surface area (Å²) in [7, 11) is 0. The Hall–Kier alpha value is -0.320. The average Bonchev–Trinajstić information content (AvgIpc) is 2.03. The Morgan fingerprint density at radius 3 is 2.77 bits per heavy atom. The van der Waals surface area contributed by atoms with Crippen molar-refractivity contribution in [2.75, 3.05) is 6.61 Å². The van der Waals surface area contributed by atoms with Crippen molar-refractivity contribution in [1.29, 1.82) is 0 Å². The molecule has 5 heteroatoms. The minimum Gasteiger partial charge on any atom is -0.395 e. The highest BCUT2D eigenvalue weighted by molar-refractivity contribution is 8.00. The third kappa shape index (κ3) is 3.50. The Labute approximate surface area is 86.6 Å². The predicted molar refractivity (Wildman–Crippen MR) is 54.1 cm³/mol. The summed E-state index contributed by atoms with van der Waals surface area (Å²) in [6.45, 7) is 3.97. The van der Waals surface area contributed by atoms with Gasteiger partial charge in [0.2, 0.25) is 0 Å². The number of aromatic nitrogens is 2. The summed E-state index contributed by atoms with van der Waals surface area (Å²) in [4.78, 5) is 7.80. The Morgan fingerprint density at radius 2 is 2.23 bits per heavy atom. The minimum absolute atomic E-state index is 0.0965. The molecule has 1 heterocycles. The fourth-order valence-electron chi connectivity index (χ4n) is 0.689. The molecule has 1 N–H and O–H groups in total. The molecule has 1 rings (SSSR count). The van der Waals surface area contributed by atoms with Crippen molar-refractivity contribution >= 4 is 23.4 Å². The van der Waals surface area contributed by atoms with Crippen LogP contribution >= 0.6 is 23.4 Å². The second-order valence-corrected chi connectivity index (χ2v) is 5.31. The van der Waals surface area contributed by atoms with E-state index in [1.807, 2.05) is 13.8 Å². The van der Waals surface area contributed by atoms with Gasteiger partial charge in [-0.05, 0) is 13.8 Å². The number of aliphatic hydroxyl groups is 1. The van der Waals surface area contributed by atoms with Crippen LogP contribution in [0.1, 0.15) is 13.8 Å². The lowest BCUT2D eigenvalue weighted by Gasteiger charge is -2.19. The molecule has 0 bridgehead atoms. The Kier molecular flexibility index (Phi) is 3.53. The molecule has 0 aliphatic carbocycles. The SMILES string of the molecule is CC(C)(CO)Sc1cc(Cl)ncn1. The number of halogens is 1. The van der Waals surface area contributed by atoms with Gasteiger partial charge in [0, 0.05) is 10.8 Å². The van der Waals surface area contributed by atoms with Crippen LogP contribution in [-0.2, 0) is 0 Å². The quantitative estimate of drug-likeness (QED) is 0.623. The van der Waals surface area contributed by atoms with Crippen molar-refractivity contribution in [1.82, 2.24) is 9.97 Å². The average molecular weight is 219 g/mol. The second-order valence-electron chi connectivity index (χ2n) is 3.20. The zero-order chi connectivity index (χ0) is 9.90. The molecule has 0 aliphatic rings. The molecule has 1 aromatic rings. The van der Waals surface area contributed by atoms with Crippen molar-refractivity contribution in [2.45, 2.75) is 23.6 Å². The molecular formula is C8H11ClN2OS. The van der Waals surface area contributed by atoms with E-state index in [0.717, 1.165) is 5.03 Å². The Bertz CT molecular complexity index is 293. The molecule has 0 saturated heterocycles. The van der Waals surface area contributed by atoms with Gasteiger partial charge in [-0.1, -0.05) is 23.4 Å². The number of aliphatic hydroxyl groups excluding tert-OH is 1. The first-order valence-electron chi connectivity index (χ1n) is 3.81. The van der Waals surface area contributed by atoms with Crippen LogP contribution in [0.2, 0.25) is 5.15 Å². The van der Waals surface area contributed by atoms with Gasteiger partial charge in [-0.25, -0.2) is 9.97 Å². The zero-order valence-corrected chi connectivity index (χ0v) is 9.06. The Morgan fingerprint density at radius 1 is 1.54 bits per heavy atom. The van der Waals surface area contributed by atoms with E-state index in [0.29, 0.717) is 5.15 Å². The molecule has 0 aliphatic heterocycles. The van der Waals surface area contributed by atoms with E-state index in [1.165, 1.54) is 18.1 Å². The topological polar surface area (TPSA) is 46.0 Å². The molecule has 0 saturated carbocycles. The number of thioether (sulfide) groups is 1. The van der Waals surface area contributed by atoms with Crippen LogP contribution in [0.25, 0.3) is 0 Å². The fraction of sp³-hybridized carbons (Fsp3) is 0.500. The van der Waals surface area contributed by atoms with E-state index in [-0.39, 0.29) is 11.4 Å². The standard InChI is InChI=1S/C8H11ClN2OS/c1-8(2,4-12)13-7-3-6(9)10-5-11-7/h3,5,12H,4H2,1-2H3. The molecular weight excluding hydrogens is 208 g/mol. The Balaban J connectivity index is 2.74. The molecule has 0 amide bonds. The van der Waals surface area contributed by atoms with E-state index in [9.17, 15) is 0 Å². The summed E-state index contributed by atoms with van der Waals surface area (Å²) in [6.07, 6.45) is 1.41. The summed E-state index contributed by atoms with van der Waals surface area (Å²) in [5.74, 6) is 0. The summed E-state index contributed by atoms with van der Waals surface area (Å²) in [5, 5.41) is 10.2. The van der Waals surface area contributed by atoms with Gasteiger partial charge in [-0.2, -0.15) is 0 Å². The van der Waals surface area contributed by atoms with Crippen molar-refractivity contribution in [3.8, 4) is 0 Å². The van der Waals surface area contributed by atoms with Gasteiger partial charge >= 0.3 is 0 Å². The lowest BCUT2D eigenvalue weighted by molar-refractivity contribution is 0.265. The largest absolute Gasteiger partial charge is 0.395 e. The van der Waals surface area contributed by atoms with Crippen molar-refractivity contribution in [3.05, 3.63) is 17.5 Å². The second kappa shape index (κ2) is 4.26. The lowest BCUT2D eigenvalue weighted by atomic mass is 10.2. The van der Waals surface area contributed by atoms with E-state index in [2.05, 4.69) is 9.97 Å². The highest BCUT2D eigenvalue weighted by Crippen LogP contribution is 2.30. The summed E-state index contributed by atoms with van der Waals surface area (Å²) in [5.41, 5.74) is 0. The first-order valence-corrected chi connectivity index (χ1v) is 5.00. The molecule has 72 valence electrons. The highest BCUT2D eigenvalue weighted by atomic mass is 35.5. The van der Waals surface area contributed by atoms with Gasteiger partial charge in [0.25, 0.3) is 0 Å². The van der Waals surface area contributed by atoms with Gasteiger partial charge < -0.3 is 5.11 Å². The molecule has 0 aromatic carbocycles. The number of nitrogens with zero attached hydrogens (tertiary/aromatic N) is 2. The summed E-state index contributed by atoms with van der Waals surface area (Å²) in [6, 6.07) is 1.68. The first kappa shape index (κ1) is 10.8. The molecule has 0 unspecified atom stereocenters. The first-order chi connectivity index (χ1) is 6.03. The van der Waals surface area contributed by atoms with Crippen molar-refractivity contribution in [2.24, 2.45) is 0 Å². The van der Waals surface area contributed by atoms with Crippen LogP contribution in [0.15, 0.2) is 17.4 Å². The van der Waals surface area contributed by atoms with Gasteiger partial charge in [-0.3, -0.25) is 0 Å². The van der Waals surface area contributed by atoms with Crippen LogP contribution in [0.3, 0.4) is 0 Å². The fourth-order valence-corrected chi connectivity index (χ4v) is 1.80. The normalized spacial score (nSPS) is 11.7. The number of hydrogen-bond donors (Lipinski definition) is 1. The third-order valence-electron chi connectivity index (χ3n) is 1.37. The number of hydrogen-bond acceptors (Lipinski definition) is 4. The monoisotopic (exact) mass is 218 g/mol. The van der Waals surface area contributed by atoms with Crippen LogP contribution in [-0.4, -0.2) is 26.4 Å². The molecule has 0 fully saturated rings. The van der Waals surface area contributed by atoms with E-state index in [1.54, 1.807) is 6.07 Å². The number of rotatable bonds is 3. The highest BCUT2D eigenvalue weighted by Gasteiger charge is 2.18. The van der Waals surface area contributed by atoms with E-state index >= 15 is 0 Å². The summed E-state index contributed by atoms with van der Waals surface area (Å²) < 4.78 is -0.238. The smallest absolute Gasteiger partial charge is 0.133 e. The van der Waals surface area contributed by atoms with Crippen LogP contribution in [0, 0.1) is 0 Å². The van der Waals surface area contributed by atoms with Gasteiger partial charge in [-0.15, -0.1) is 0 Å². The van der Waals surface area contributed by atoms with E-state index in [4.69, 9.17) is 16.7 Å². The molecule has 0 atom stereocenters. The maximum absolute atomic E-state index is 9.03. The van der Waals surface area contributed by atoms with Gasteiger partial charge in [0.1, 0.15) is 16.5 Å². The molecule has 1 aromatic heterocycles. The third-order valence-corrected chi connectivity index (χ3v) is 2.69. The maximum atomic E-state index is 9.03.